The van der Waals surface area contributed by atoms with Gasteiger partial charge in [-0.1, -0.05) is 0 Å². The molecule has 146 valence electrons. The van der Waals surface area contributed by atoms with Crippen LogP contribution in [0, 0.1) is 0 Å². The second-order valence-electron chi connectivity index (χ2n) is 5.27. The molecule has 0 fully saturated rings. The molecule has 0 saturated heterocycles. The van der Waals surface area contributed by atoms with Gasteiger partial charge in [-0.05, 0) is 26.1 Å². The van der Waals surface area contributed by atoms with E-state index in [9.17, 15) is 14.4 Å². The third kappa shape index (κ3) is 5.50. The first-order valence-electron chi connectivity index (χ1n) is 8.24. The first kappa shape index (κ1) is 20.3. The molecule has 1 N–H and O–H groups in total. The van der Waals surface area contributed by atoms with Crippen molar-refractivity contribution >= 4 is 29.4 Å². The van der Waals surface area contributed by atoms with E-state index < -0.39 is 24.8 Å². The molecule has 27 heavy (non-hydrogen) atoms. The van der Waals surface area contributed by atoms with Crippen molar-refractivity contribution in [3.63, 3.8) is 0 Å². The highest BCUT2D eigenvalue weighted by Gasteiger charge is 2.28. The summed E-state index contributed by atoms with van der Waals surface area (Å²) >= 11 is 0. The first-order valence-corrected chi connectivity index (χ1v) is 8.24. The second kappa shape index (κ2) is 10.2. The van der Waals surface area contributed by atoms with E-state index in [-0.39, 0.29) is 19.6 Å². The van der Waals surface area contributed by atoms with Crippen LogP contribution in [0.5, 0.6) is 0 Å². The lowest BCUT2D eigenvalue weighted by Gasteiger charge is -2.20. The van der Waals surface area contributed by atoms with E-state index in [1.54, 1.807) is 31.6 Å². The van der Waals surface area contributed by atoms with Gasteiger partial charge in [-0.25, -0.2) is 9.69 Å². The van der Waals surface area contributed by atoms with Crippen molar-refractivity contribution in [2.24, 2.45) is 0 Å². The van der Waals surface area contributed by atoms with Crippen LogP contribution < -0.4 is 5.32 Å². The lowest BCUT2D eigenvalue weighted by molar-refractivity contribution is -0.144. The first-order chi connectivity index (χ1) is 13.1. The monoisotopic (exact) mass is 379 g/mol. The molecule has 10 nitrogen and oxygen atoms in total. The Balaban J connectivity index is 1.96. The fraction of sp³-hybridized carbons (Fsp3) is 0.412. The largest absolute Gasteiger partial charge is 0.510 e. The fourth-order valence-corrected chi connectivity index (χ4v) is 2.24. The zero-order valence-electron chi connectivity index (χ0n) is 15.0. The van der Waals surface area contributed by atoms with Crippen molar-refractivity contribution in [1.29, 1.82) is 0 Å². The SMILES string of the molecule is CCOCCOC(=O)OCN(C=O)C(=O)C(NC)c1cc2cnccc2o1. The van der Waals surface area contributed by atoms with Gasteiger partial charge in [-0.3, -0.25) is 14.6 Å². The molecular formula is C17H21N3O7. The number of hydrogen-bond acceptors (Lipinski definition) is 9. The Kier molecular flexibility index (Phi) is 7.71. The molecule has 0 saturated carbocycles. The minimum atomic E-state index is -1.01. The predicted molar refractivity (Wildman–Crippen MR) is 92.5 cm³/mol. The van der Waals surface area contributed by atoms with Gasteiger partial charge in [0.1, 0.15) is 24.0 Å². The van der Waals surface area contributed by atoms with E-state index >= 15 is 0 Å². The summed E-state index contributed by atoms with van der Waals surface area (Å²) in [7, 11) is 1.54. The van der Waals surface area contributed by atoms with Gasteiger partial charge < -0.3 is 23.9 Å². The molecule has 2 aromatic heterocycles. The van der Waals surface area contributed by atoms with Crippen molar-refractivity contribution in [2.75, 3.05) is 33.6 Å². The molecule has 0 aliphatic carbocycles. The van der Waals surface area contributed by atoms with Gasteiger partial charge in [-0.15, -0.1) is 0 Å². The Morgan fingerprint density at radius 1 is 1.37 bits per heavy atom. The number of carbonyl (C=O) groups is 3. The van der Waals surface area contributed by atoms with Crippen molar-refractivity contribution in [3.8, 4) is 0 Å². The number of pyridine rings is 1. The lowest BCUT2D eigenvalue weighted by atomic mass is 10.2. The number of ether oxygens (including phenoxy) is 3. The van der Waals surface area contributed by atoms with Crippen LogP contribution in [-0.4, -0.2) is 62.0 Å². The molecule has 0 radical (unpaired) electrons. The molecule has 2 amide bonds. The van der Waals surface area contributed by atoms with Gasteiger partial charge in [0.15, 0.2) is 6.73 Å². The van der Waals surface area contributed by atoms with Crippen LogP contribution in [0.4, 0.5) is 4.79 Å². The van der Waals surface area contributed by atoms with Crippen LogP contribution in [0.15, 0.2) is 28.9 Å². The molecule has 10 heteroatoms. The zero-order chi connectivity index (χ0) is 19.6. The smallest absolute Gasteiger partial charge is 0.459 e. The number of nitrogens with zero attached hydrogens (tertiary/aromatic N) is 2. The molecule has 0 aliphatic rings. The lowest BCUT2D eigenvalue weighted by Crippen LogP contribution is -2.40. The average molecular weight is 379 g/mol. The molecule has 1 unspecified atom stereocenters. The molecular weight excluding hydrogens is 358 g/mol. The van der Waals surface area contributed by atoms with Crippen molar-refractivity contribution in [2.45, 2.75) is 13.0 Å². The van der Waals surface area contributed by atoms with E-state index in [0.29, 0.717) is 28.2 Å². The number of amides is 2. The molecule has 0 bridgehead atoms. The standard InChI is InChI=1S/C17H21N3O7/c1-3-24-6-7-25-17(23)26-11-20(10-21)16(22)15(18-2)14-8-12-9-19-5-4-13(12)27-14/h4-5,8-10,15,18H,3,6-7,11H2,1-2H3. The maximum Gasteiger partial charge on any atom is 0.510 e. The maximum absolute atomic E-state index is 12.6. The summed E-state index contributed by atoms with van der Waals surface area (Å²) in [6.07, 6.45) is 2.42. The highest BCUT2D eigenvalue weighted by molar-refractivity contribution is 5.91. The Morgan fingerprint density at radius 2 is 2.19 bits per heavy atom. The van der Waals surface area contributed by atoms with Crippen LogP contribution in [0.1, 0.15) is 18.7 Å². The van der Waals surface area contributed by atoms with E-state index in [0.717, 1.165) is 0 Å². The van der Waals surface area contributed by atoms with Crippen LogP contribution in [0.3, 0.4) is 0 Å². The second-order valence-corrected chi connectivity index (χ2v) is 5.27. The Labute approximate surface area is 155 Å². The van der Waals surface area contributed by atoms with Crippen molar-refractivity contribution in [1.82, 2.24) is 15.2 Å². The van der Waals surface area contributed by atoms with Crippen molar-refractivity contribution < 1.29 is 33.0 Å². The number of hydrogen-bond donors (Lipinski definition) is 1. The number of carbonyl (C=O) groups excluding carboxylic acids is 3. The van der Waals surface area contributed by atoms with Gasteiger partial charge in [0.2, 0.25) is 6.41 Å². The molecule has 0 spiro atoms. The predicted octanol–water partition coefficient (Wildman–Crippen LogP) is 1.22. The number of aromatic nitrogens is 1. The van der Waals surface area contributed by atoms with Crippen LogP contribution in [0.2, 0.25) is 0 Å². The highest BCUT2D eigenvalue weighted by atomic mass is 16.7. The number of nitrogens with one attached hydrogen (secondary N) is 1. The minimum Gasteiger partial charge on any atom is -0.459 e. The van der Waals surface area contributed by atoms with Gasteiger partial charge >= 0.3 is 6.16 Å². The summed E-state index contributed by atoms with van der Waals surface area (Å²) in [6.45, 7) is 1.95. The number of furan rings is 1. The van der Waals surface area contributed by atoms with Crippen LogP contribution in [0.25, 0.3) is 11.0 Å². The van der Waals surface area contributed by atoms with Gasteiger partial charge in [-0.2, -0.15) is 0 Å². The summed E-state index contributed by atoms with van der Waals surface area (Å²) in [5.74, 6) is -0.349. The molecule has 1 atom stereocenters. The molecule has 2 heterocycles. The van der Waals surface area contributed by atoms with E-state index in [2.05, 4.69) is 10.3 Å². The average Bonchev–Trinajstić information content (AvgIpc) is 3.10. The summed E-state index contributed by atoms with van der Waals surface area (Å²) < 4.78 is 20.2. The van der Waals surface area contributed by atoms with Crippen LogP contribution >= 0.6 is 0 Å². The molecule has 2 rings (SSSR count). The van der Waals surface area contributed by atoms with Gasteiger partial charge in [0.25, 0.3) is 5.91 Å². The Hall–Kier alpha value is -2.98. The molecule has 2 aromatic rings. The zero-order valence-corrected chi connectivity index (χ0v) is 15.0. The number of fused-ring (bicyclic) bond motifs is 1. The normalized spacial score (nSPS) is 11.8. The summed E-state index contributed by atoms with van der Waals surface area (Å²) in [4.78, 5) is 40.0. The number of rotatable bonds is 10. The van der Waals surface area contributed by atoms with Gasteiger partial charge in [0.05, 0.1) is 6.61 Å². The quantitative estimate of drug-likeness (QED) is 0.281. The maximum atomic E-state index is 12.6. The Bertz CT molecular complexity index is 744. The number of imide groups is 1. The number of likely N-dealkylation sites (N-methyl/N-ethyl adjacent to an activating group) is 1. The topological polar surface area (TPSA) is 120 Å². The molecule has 0 aliphatic heterocycles. The fourth-order valence-electron chi connectivity index (χ4n) is 2.24. The van der Waals surface area contributed by atoms with Gasteiger partial charge in [0, 0.05) is 24.4 Å². The van der Waals surface area contributed by atoms with E-state index in [4.69, 9.17) is 18.6 Å². The summed E-state index contributed by atoms with van der Waals surface area (Å²) in [5, 5.41) is 3.49. The Morgan fingerprint density at radius 3 is 2.85 bits per heavy atom. The van der Waals surface area contributed by atoms with E-state index in [1.165, 1.54) is 0 Å². The third-order valence-corrected chi connectivity index (χ3v) is 3.54. The summed E-state index contributed by atoms with van der Waals surface area (Å²) in [5.41, 5.74) is 0.555. The van der Waals surface area contributed by atoms with Crippen molar-refractivity contribution in [3.05, 3.63) is 30.3 Å². The van der Waals surface area contributed by atoms with Crippen LogP contribution in [-0.2, 0) is 23.8 Å². The summed E-state index contributed by atoms with van der Waals surface area (Å²) in [6, 6.07) is 2.36. The van der Waals surface area contributed by atoms with E-state index in [1.807, 2.05) is 6.92 Å². The minimum absolute atomic E-state index is 0.00781. The third-order valence-electron chi connectivity index (χ3n) is 3.54. The molecule has 0 aromatic carbocycles. The highest BCUT2D eigenvalue weighted by Crippen LogP contribution is 2.24.